The molecule has 0 N–H and O–H groups in total. The van der Waals surface area contributed by atoms with Gasteiger partial charge in [-0.25, -0.2) is 0 Å². The number of para-hydroxylation sites is 2. The van der Waals surface area contributed by atoms with Crippen LogP contribution in [0.1, 0.15) is 0 Å². The molecule has 3 heteroatoms. The van der Waals surface area contributed by atoms with Gasteiger partial charge in [-0.15, -0.1) is 0 Å². The van der Waals surface area contributed by atoms with E-state index < -0.39 is 0 Å². The maximum absolute atomic E-state index is 6.50. The van der Waals surface area contributed by atoms with Crippen molar-refractivity contribution in [1.82, 2.24) is 0 Å². The van der Waals surface area contributed by atoms with E-state index in [0.717, 1.165) is 83.0 Å². The van der Waals surface area contributed by atoms with Crippen LogP contribution in [0, 0.1) is 0 Å². The average Bonchev–Trinajstić information content (AvgIpc) is 3.79. The Balaban J connectivity index is 1.13. The Morgan fingerprint density at radius 1 is 0.321 bits per heavy atom. The molecule has 0 fully saturated rings. The van der Waals surface area contributed by atoms with Gasteiger partial charge in [0.2, 0.25) is 0 Å². The van der Waals surface area contributed by atoms with Crippen molar-refractivity contribution >= 4 is 82.5 Å². The van der Waals surface area contributed by atoms with Crippen LogP contribution in [-0.2, 0) is 0 Å². The molecule has 0 saturated heterocycles. The highest BCUT2D eigenvalue weighted by Crippen LogP contribution is 2.45. The SMILES string of the molecule is c1cc(-c2cccc3ccccc23)cc(N(c2ccc3c(c2)oc2ccccc23)c2ccccc2-c2ccc3oc4c5ccccc5ccc4c3c2)c1. The van der Waals surface area contributed by atoms with Crippen molar-refractivity contribution in [2.75, 3.05) is 4.90 Å². The van der Waals surface area contributed by atoms with Gasteiger partial charge in [-0.2, -0.15) is 0 Å². The molecule has 0 amide bonds. The van der Waals surface area contributed by atoms with Crippen molar-refractivity contribution in [3.63, 3.8) is 0 Å². The van der Waals surface area contributed by atoms with Crippen LogP contribution in [0.15, 0.2) is 197 Å². The fourth-order valence-electron chi connectivity index (χ4n) is 8.16. The smallest absolute Gasteiger partial charge is 0.143 e. The first-order chi connectivity index (χ1) is 26.3. The van der Waals surface area contributed by atoms with Crippen molar-refractivity contribution in [3.8, 4) is 22.3 Å². The number of furan rings is 2. The van der Waals surface area contributed by atoms with E-state index in [2.05, 4.69) is 181 Å². The van der Waals surface area contributed by atoms with Crippen LogP contribution in [0.2, 0.25) is 0 Å². The summed E-state index contributed by atoms with van der Waals surface area (Å²) in [6, 6.07) is 66.9. The predicted octanol–water partition coefficient (Wildman–Crippen LogP) is 14.6. The topological polar surface area (TPSA) is 29.5 Å². The Labute approximate surface area is 305 Å². The second-order valence-corrected chi connectivity index (χ2v) is 13.7. The van der Waals surface area contributed by atoms with Gasteiger partial charge >= 0.3 is 0 Å². The number of fused-ring (bicyclic) bond motifs is 9. The van der Waals surface area contributed by atoms with Crippen molar-refractivity contribution in [2.45, 2.75) is 0 Å². The first-order valence-electron chi connectivity index (χ1n) is 18.0. The lowest BCUT2D eigenvalue weighted by atomic mass is 9.97. The lowest BCUT2D eigenvalue weighted by Gasteiger charge is -2.28. The lowest BCUT2D eigenvalue weighted by molar-refractivity contribution is 0.669. The van der Waals surface area contributed by atoms with Crippen LogP contribution in [0.5, 0.6) is 0 Å². The van der Waals surface area contributed by atoms with E-state index in [0.29, 0.717) is 0 Å². The summed E-state index contributed by atoms with van der Waals surface area (Å²) in [5, 5.41) is 9.20. The van der Waals surface area contributed by atoms with Gasteiger partial charge in [0.05, 0.1) is 5.69 Å². The minimum absolute atomic E-state index is 0.856. The van der Waals surface area contributed by atoms with Gasteiger partial charge in [-0.1, -0.05) is 127 Å². The fraction of sp³-hybridized carbons (Fsp3) is 0. The third kappa shape index (κ3) is 4.75. The van der Waals surface area contributed by atoms with Gasteiger partial charge in [0.15, 0.2) is 0 Å². The van der Waals surface area contributed by atoms with Crippen molar-refractivity contribution in [3.05, 3.63) is 188 Å². The zero-order chi connectivity index (χ0) is 34.9. The minimum Gasteiger partial charge on any atom is -0.456 e. The summed E-state index contributed by atoms with van der Waals surface area (Å²) in [7, 11) is 0. The summed E-state index contributed by atoms with van der Waals surface area (Å²) in [5.74, 6) is 0. The van der Waals surface area contributed by atoms with E-state index >= 15 is 0 Å². The highest BCUT2D eigenvalue weighted by molar-refractivity contribution is 6.16. The van der Waals surface area contributed by atoms with Crippen LogP contribution in [-0.4, -0.2) is 0 Å². The summed E-state index contributed by atoms with van der Waals surface area (Å²) in [4.78, 5) is 2.36. The maximum atomic E-state index is 6.50. The number of benzene rings is 9. The molecule has 2 heterocycles. The molecule has 0 unspecified atom stereocenters. The third-order valence-corrected chi connectivity index (χ3v) is 10.6. The molecule has 0 aliphatic carbocycles. The van der Waals surface area contributed by atoms with Gasteiger partial charge in [0.25, 0.3) is 0 Å². The standard InChI is InChI=1S/C50H31NO2/c1-3-16-38-32(11-1)13-10-20-39(38)34-14-9-15-36(29-34)51(37-25-27-43-42-19-6-8-22-47(42)52-49(43)31-37)46-21-7-5-17-40(46)35-24-28-48-45(30-35)44-26-23-33-12-2-4-18-41(33)50(44)53-48/h1-31H. The van der Waals surface area contributed by atoms with Crippen LogP contribution < -0.4 is 4.90 Å². The lowest BCUT2D eigenvalue weighted by Crippen LogP contribution is -2.11. The molecule has 0 spiro atoms. The predicted molar refractivity (Wildman–Crippen MR) is 222 cm³/mol. The highest BCUT2D eigenvalue weighted by Gasteiger charge is 2.21. The van der Waals surface area contributed by atoms with Gasteiger partial charge < -0.3 is 13.7 Å². The summed E-state index contributed by atoms with van der Waals surface area (Å²) in [6.45, 7) is 0. The quantitative estimate of drug-likeness (QED) is 0.182. The Kier molecular flexibility index (Phi) is 6.55. The molecule has 53 heavy (non-hydrogen) atoms. The zero-order valence-corrected chi connectivity index (χ0v) is 28.7. The molecule has 2 aromatic heterocycles. The number of hydrogen-bond donors (Lipinski definition) is 0. The summed E-state index contributed by atoms with van der Waals surface area (Å²) in [6.07, 6.45) is 0. The average molecular weight is 678 g/mol. The number of rotatable bonds is 5. The van der Waals surface area contributed by atoms with Crippen LogP contribution in [0.25, 0.3) is 87.7 Å². The third-order valence-electron chi connectivity index (χ3n) is 10.6. The Bertz CT molecular complexity index is 3200. The molecule has 0 bridgehead atoms. The Morgan fingerprint density at radius 3 is 1.89 bits per heavy atom. The van der Waals surface area contributed by atoms with E-state index in [1.54, 1.807) is 0 Å². The van der Waals surface area contributed by atoms with E-state index in [1.807, 2.05) is 12.1 Å². The second-order valence-electron chi connectivity index (χ2n) is 13.7. The van der Waals surface area contributed by atoms with Crippen molar-refractivity contribution in [1.29, 1.82) is 0 Å². The molecular formula is C50H31NO2. The molecule has 0 saturated carbocycles. The first kappa shape index (κ1) is 29.6. The molecule has 0 aliphatic rings. The van der Waals surface area contributed by atoms with E-state index in [-0.39, 0.29) is 0 Å². The van der Waals surface area contributed by atoms with Crippen LogP contribution in [0.3, 0.4) is 0 Å². The van der Waals surface area contributed by atoms with Crippen LogP contribution in [0.4, 0.5) is 17.1 Å². The molecule has 0 radical (unpaired) electrons. The maximum Gasteiger partial charge on any atom is 0.143 e. The molecule has 0 aliphatic heterocycles. The van der Waals surface area contributed by atoms with Crippen LogP contribution >= 0.6 is 0 Å². The molecule has 11 aromatic rings. The van der Waals surface area contributed by atoms with Crippen molar-refractivity contribution < 1.29 is 8.83 Å². The summed E-state index contributed by atoms with van der Waals surface area (Å²) in [5.41, 5.74) is 11.3. The number of hydrogen-bond acceptors (Lipinski definition) is 3. The zero-order valence-electron chi connectivity index (χ0n) is 28.7. The summed E-state index contributed by atoms with van der Waals surface area (Å²) >= 11 is 0. The van der Waals surface area contributed by atoms with E-state index in [9.17, 15) is 0 Å². The molecule has 3 nitrogen and oxygen atoms in total. The molecule has 11 rings (SSSR count). The Hall–Kier alpha value is -7.10. The van der Waals surface area contributed by atoms with Gasteiger partial charge in [-0.3, -0.25) is 0 Å². The summed E-state index contributed by atoms with van der Waals surface area (Å²) < 4.78 is 12.9. The second kappa shape index (κ2) is 11.7. The first-order valence-corrected chi connectivity index (χ1v) is 18.0. The molecule has 0 atom stereocenters. The van der Waals surface area contributed by atoms with Crippen molar-refractivity contribution in [2.24, 2.45) is 0 Å². The van der Waals surface area contributed by atoms with E-state index in [4.69, 9.17) is 8.83 Å². The number of nitrogens with zero attached hydrogens (tertiary/aromatic N) is 1. The number of anilines is 3. The van der Waals surface area contributed by atoms with Gasteiger partial charge in [-0.05, 0) is 87.4 Å². The Morgan fingerprint density at radius 2 is 0.962 bits per heavy atom. The minimum atomic E-state index is 0.856. The molecule has 9 aromatic carbocycles. The fourth-order valence-corrected chi connectivity index (χ4v) is 8.16. The highest BCUT2D eigenvalue weighted by atomic mass is 16.3. The molecular weight excluding hydrogens is 647 g/mol. The largest absolute Gasteiger partial charge is 0.456 e. The van der Waals surface area contributed by atoms with Gasteiger partial charge in [0.1, 0.15) is 22.3 Å². The van der Waals surface area contributed by atoms with E-state index in [1.165, 1.54) is 21.7 Å². The monoisotopic (exact) mass is 677 g/mol. The molecule has 248 valence electrons. The van der Waals surface area contributed by atoms with Gasteiger partial charge in [0, 0.05) is 49.9 Å². The normalized spacial score (nSPS) is 11.8.